The van der Waals surface area contributed by atoms with Crippen LogP contribution >= 0.6 is 0 Å². The predicted molar refractivity (Wildman–Crippen MR) is 75.2 cm³/mol. The number of hydrogen-bond donors (Lipinski definition) is 1. The van der Waals surface area contributed by atoms with Crippen LogP contribution < -0.4 is 5.32 Å². The molecule has 0 spiro atoms. The molecule has 2 rings (SSSR count). The van der Waals surface area contributed by atoms with Gasteiger partial charge < -0.3 is 5.32 Å². The van der Waals surface area contributed by atoms with E-state index in [1.54, 1.807) is 0 Å². The van der Waals surface area contributed by atoms with Crippen LogP contribution in [0.3, 0.4) is 0 Å². The largest absolute Gasteiger partial charge is 0.316 e. The maximum Gasteiger partial charge on any atom is -0.00203 e. The average molecular weight is 237 g/mol. The summed E-state index contributed by atoms with van der Waals surface area (Å²) in [6.45, 7) is 5.02. The van der Waals surface area contributed by atoms with E-state index in [9.17, 15) is 0 Å². The lowest BCUT2D eigenvalue weighted by atomic mass is 9.82. The minimum absolute atomic E-state index is 0.976. The standard InChI is InChI=1S/C16H31N/c1-14-7-6-10-16(11-14)13-17-12-15-8-4-2-3-5-9-15/h14-17H,2-13H2,1H3. The summed E-state index contributed by atoms with van der Waals surface area (Å²) in [6.07, 6.45) is 14.8. The molecule has 100 valence electrons. The Morgan fingerprint density at radius 3 is 2.12 bits per heavy atom. The van der Waals surface area contributed by atoms with E-state index in [-0.39, 0.29) is 0 Å². The van der Waals surface area contributed by atoms with Gasteiger partial charge in [-0.15, -0.1) is 0 Å². The van der Waals surface area contributed by atoms with Gasteiger partial charge in [0.15, 0.2) is 0 Å². The first-order chi connectivity index (χ1) is 8.34. The lowest BCUT2D eigenvalue weighted by molar-refractivity contribution is 0.268. The molecule has 2 aliphatic carbocycles. The first-order valence-corrected chi connectivity index (χ1v) is 8.05. The van der Waals surface area contributed by atoms with E-state index in [0.717, 1.165) is 17.8 Å². The van der Waals surface area contributed by atoms with E-state index in [2.05, 4.69) is 12.2 Å². The zero-order valence-electron chi connectivity index (χ0n) is 11.7. The molecule has 0 aromatic rings. The van der Waals surface area contributed by atoms with E-state index >= 15 is 0 Å². The van der Waals surface area contributed by atoms with Crippen LogP contribution in [0.4, 0.5) is 0 Å². The van der Waals surface area contributed by atoms with Crippen LogP contribution in [0.15, 0.2) is 0 Å². The highest BCUT2D eigenvalue weighted by Gasteiger charge is 2.19. The third-order valence-corrected chi connectivity index (χ3v) is 4.89. The molecule has 2 unspecified atom stereocenters. The highest BCUT2D eigenvalue weighted by Crippen LogP contribution is 2.28. The van der Waals surface area contributed by atoms with E-state index in [0.29, 0.717) is 0 Å². The fourth-order valence-corrected chi connectivity index (χ4v) is 3.80. The molecule has 0 heterocycles. The first kappa shape index (κ1) is 13.4. The normalized spacial score (nSPS) is 32.3. The smallest absolute Gasteiger partial charge is 0.00203 e. The van der Waals surface area contributed by atoms with Crippen molar-refractivity contribution in [2.75, 3.05) is 13.1 Å². The van der Waals surface area contributed by atoms with Gasteiger partial charge in [0.25, 0.3) is 0 Å². The highest BCUT2D eigenvalue weighted by molar-refractivity contribution is 4.74. The van der Waals surface area contributed by atoms with Crippen LogP contribution in [0.25, 0.3) is 0 Å². The molecule has 0 radical (unpaired) electrons. The molecule has 1 heteroatoms. The number of nitrogens with one attached hydrogen (secondary N) is 1. The summed E-state index contributed by atoms with van der Waals surface area (Å²) in [4.78, 5) is 0. The molecule has 2 aliphatic rings. The summed E-state index contributed by atoms with van der Waals surface area (Å²) in [5.74, 6) is 2.94. The minimum atomic E-state index is 0.976. The monoisotopic (exact) mass is 237 g/mol. The molecule has 2 fully saturated rings. The molecule has 17 heavy (non-hydrogen) atoms. The van der Waals surface area contributed by atoms with Crippen molar-refractivity contribution in [2.24, 2.45) is 17.8 Å². The molecule has 0 bridgehead atoms. The molecule has 0 aromatic heterocycles. The second-order valence-corrected chi connectivity index (χ2v) is 6.65. The third kappa shape index (κ3) is 4.99. The summed E-state index contributed by atoms with van der Waals surface area (Å²) in [5.41, 5.74) is 0. The van der Waals surface area contributed by atoms with Crippen LogP contribution in [-0.4, -0.2) is 13.1 Å². The molecular weight excluding hydrogens is 206 g/mol. The van der Waals surface area contributed by atoms with E-state index in [1.165, 1.54) is 77.3 Å². The topological polar surface area (TPSA) is 12.0 Å². The lowest BCUT2D eigenvalue weighted by Gasteiger charge is -2.27. The van der Waals surface area contributed by atoms with Gasteiger partial charge >= 0.3 is 0 Å². The van der Waals surface area contributed by atoms with Crippen molar-refractivity contribution in [3.05, 3.63) is 0 Å². The van der Waals surface area contributed by atoms with Gasteiger partial charge in [-0.2, -0.15) is 0 Å². The van der Waals surface area contributed by atoms with Gasteiger partial charge in [-0.05, 0) is 56.5 Å². The van der Waals surface area contributed by atoms with Gasteiger partial charge in [0.1, 0.15) is 0 Å². The molecule has 2 atom stereocenters. The van der Waals surface area contributed by atoms with Crippen LogP contribution in [0.2, 0.25) is 0 Å². The Kier molecular flexibility index (Phi) is 5.84. The van der Waals surface area contributed by atoms with Gasteiger partial charge in [-0.3, -0.25) is 0 Å². The summed E-state index contributed by atoms with van der Waals surface area (Å²) in [6, 6.07) is 0. The van der Waals surface area contributed by atoms with Crippen LogP contribution in [0.5, 0.6) is 0 Å². The molecule has 0 aliphatic heterocycles. The molecule has 1 N–H and O–H groups in total. The Labute approximate surface area is 108 Å². The summed E-state index contributed by atoms with van der Waals surface area (Å²) < 4.78 is 0. The maximum absolute atomic E-state index is 3.77. The fourth-order valence-electron chi connectivity index (χ4n) is 3.80. The van der Waals surface area contributed by atoms with Crippen molar-refractivity contribution in [3.63, 3.8) is 0 Å². The molecule has 0 aromatic carbocycles. The van der Waals surface area contributed by atoms with Gasteiger partial charge in [-0.25, -0.2) is 0 Å². The third-order valence-electron chi connectivity index (χ3n) is 4.89. The van der Waals surface area contributed by atoms with Gasteiger partial charge in [0.05, 0.1) is 0 Å². The predicted octanol–water partition coefficient (Wildman–Crippen LogP) is 4.37. The molecule has 2 saturated carbocycles. The lowest BCUT2D eigenvalue weighted by Crippen LogP contribution is -2.30. The van der Waals surface area contributed by atoms with Crippen LogP contribution in [0, 0.1) is 17.8 Å². The van der Waals surface area contributed by atoms with Crippen molar-refractivity contribution in [2.45, 2.75) is 71.1 Å². The second kappa shape index (κ2) is 7.41. The van der Waals surface area contributed by atoms with Gasteiger partial charge in [0, 0.05) is 0 Å². The Hall–Kier alpha value is -0.0400. The molecule has 0 amide bonds. The fraction of sp³-hybridized carbons (Fsp3) is 1.00. The van der Waals surface area contributed by atoms with Crippen molar-refractivity contribution < 1.29 is 0 Å². The quantitative estimate of drug-likeness (QED) is 0.716. The van der Waals surface area contributed by atoms with E-state index in [4.69, 9.17) is 0 Å². The van der Waals surface area contributed by atoms with Crippen molar-refractivity contribution >= 4 is 0 Å². The zero-order chi connectivity index (χ0) is 11.9. The summed E-state index contributed by atoms with van der Waals surface area (Å²) >= 11 is 0. The average Bonchev–Trinajstić information content (AvgIpc) is 2.58. The number of hydrogen-bond acceptors (Lipinski definition) is 1. The van der Waals surface area contributed by atoms with Crippen LogP contribution in [0.1, 0.15) is 71.1 Å². The molecule has 1 nitrogen and oxygen atoms in total. The van der Waals surface area contributed by atoms with Crippen LogP contribution in [-0.2, 0) is 0 Å². The SMILES string of the molecule is CC1CCCC(CNCC2CCCCCC2)C1. The number of rotatable bonds is 4. The van der Waals surface area contributed by atoms with E-state index < -0.39 is 0 Å². The molecular formula is C16H31N. The van der Waals surface area contributed by atoms with Crippen molar-refractivity contribution in [1.29, 1.82) is 0 Å². The highest BCUT2D eigenvalue weighted by atomic mass is 14.9. The zero-order valence-corrected chi connectivity index (χ0v) is 11.7. The molecule has 0 saturated heterocycles. The Morgan fingerprint density at radius 2 is 1.41 bits per heavy atom. The minimum Gasteiger partial charge on any atom is -0.316 e. The van der Waals surface area contributed by atoms with E-state index in [1.807, 2.05) is 0 Å². The van der Waals surface area contributed by atoms with Gasteiger partial charge in [0.2, 0.25) is 0 Å². The Morgan fingerprint density at radius 1 is 0.765 bits per heavy atom. The van der Waals surface area contributed by atoms with Crippen molar-refractivity contribution in [3.8, 4) is 0 Å². The Bertz CT molecular complexity index is 192. The first-order valence-electron chi connectivity index (χ1n) is 8.05. The maximum atomic E-state index is 3.77. The Balaban J connectivity index is 1.58. The summed E-state index contributed by atoms with van der Waals surface area (Å²) in [7, 11) is 0. The van der Waals surface area contributed by atoms with Crippen molar-refractivity contribution in [1.82, 2.24) is 5.32 Å². The second-order valence-electron chi connectivity index (χ2n) is 6.65. The van der Waals surface area contributed by atoms with Gasteiger partial charge in [-0.1, -0.05) is 45.4 Å². The summed E-state index contributed by atoms with van der Waals surface area (Å²) in [5, 5.41) is 3.77.